The summed E-state index contributed by atoms with van der Waals surface area (Å²) in [5.74, 6) is -0.300. The van der Waals surface area contributed by atoms with Crippen LogP contribution in [0, 0.1) is 6.08 Å². The van der Waals surface area contributed by atoms with E-state index in [-0.39, 0.29) is 11.3 Å². The van der Waals surface area contributed by atoms with Crippen LogP contribution in [-0.4, -0.2) is 6.36 Å². The molecule has 1 nitrogen and oxygen atoms in total. The Hall–Kier alpha value is -1.71. The molecule has 1 radical (unpaired) electrons. The van der Waals surface area contributed by atoms with Gasteiger partial charge in [0.1, 0.15) is 5.75 Å². The van der Waals surface area contributed by atoms with Gasteiger partial charge >= 0.3 is 6.36 Å². The maximum atomic E-state index is 12.0. The summed E-state index contributed by atoms with van der Waals surface area (Å²) in [4.78, 5) is 0. The first-order valence-corrected chi connectivity index (χ1v) is 4.02. The lowest BCUT2D eigenvalue weighted by Gasteiger charge is -2.12. The third-order valence-electron chi connectivity index (χ3n) is 1.69. The Labute approximate surface area is 85.5 Å². The van der Waals surface area contributed by atoms with Crippen LogP contribution in [0.1, 0.15) is 11.1 Å². The van der Waals surface area contributed by atoms with Gasteiger partial charge in [-0.05, 0) is 17.7 Å². The highest BCUT2D eigenvalue weighted by atomic mass is 19.4. The molecule has 0 heterocycles. The number of ether oxygens (including phenoxy) is 1. The fraction of sp³-hybridized carbons (Fsp3) is 0.0909. The molecule has 0 bridgehead atoms. The lowest BCUT2D eigenvalue weighted by molar-refractivity contribution is -0.274. The molecule has 0 aromatic heterocycles. The Morgan fingerprint density at radius 1 is 1.33 bits per heavy atom. The van der Waals surface area contributed by atoms with E-state index >= 15 is 0 Å². The molecule has 0 aliphatic carbocycles. The number of hydrogen-bond acceptors (Lipinski definition) is 1. The van der Waals surface area contributed by atoms with Gasteiger partial charge in [-0.15, -0.1) is 13.2 Å². The van der Waals surface area contributed by atoms with E-state index in [1.165, 1.54) is 18.2 Å². The summed E-state index contributed by atoms with van der Waals surface area (Å²) in [7, 11) is 0. The second-order valence-corrected chi connectivity index (χ2v) is 2.65. The van der Waals surface area contributed by atoms with Crippen LogP contribution in [0.2, 0.25) is 0 Å². The third-order valence-corrected chi connectivity index (χ3v) is 1.69. The molecule has 79 valence electrons. The highest BCUT2D eigenvalue weighted by molar-refractivity contribution is 5.61. The Morgan fingerprint density at radius 2 is 2.00 bits per heavy atom. The van der Waals surface area contributed by atoms with Crippen molar-refractivity contribution in [3.8, 4) is 5.75 Å². The van der Waals surface area contributed by atoms with Gasteiger partial charge in [0.15, 0.2) is 0 Å². The van der Waals surface area contributed by atoms with Gasteiger partial charge in [-0.25, -0.2) is 0 Å². The molecule has 1 aromatic carbocycles. The number of halogens is 3. The summed E-state index contributed by atoms with van der Waals surface area (Å²) in [5, 5.41) is 0. The van der Waals surface area contributed by atoms with Crippen molar-refractivity contribution in [3.05, 3.63) is 48.6 Å². The van der Waals surface area contributed by atoms with Gasteiger partial charge in [0.05, 0.1) is 0 Å². The molecule has 0 amide bonds. The Morgan fingerprint density at radius 3 is 2.47 bits per heavy atom. The van der Waals surface area contributed by atoms with Crippen molar-refractivity contribution in [1.82, 2.24) is 0 Å². The average molecular weight is 213 g/mol. The van der Waals surface area contributed by atoms with Crippen molar-refractivity contribution in [2.45, 2.75) is 6.36 Å². The van der Waals surface area contributed by atoms with E-state index in [0.717, 1.165) is 0 Å². The lowest BCUT2D eigenvalue weighted by Crippen LogP contribution is -2.17. The van der Waals surface area contributed by atoms with Crippen molar-refractivity contribution in [2.24, 2.45) is 0 Å². The summed E-state index contributed by atoms with van der Waals surface area (Å²) in [5.41, 5.74) is 0.650. The third kappa shape index (κ3) is 2.87. The fourth-order valence-electron chi connectivity index (χ4n) is 1.12. The molecule has 0 saturated carbocycles. The second-order valence-electron chi connectivity index (χ2n) is 2.65. The van der Waals surface area contributed by atoms with E-state index in [9.17, 15) is 13.2 Å². The van der Waals surface area contributed by atoms with Crippen LogP contribution >= 0.6 is 0 Å². The van der Waals surface area contributed by atoms with Crippen molar-refractivity contribution in [3.63, 3.8) is 0 Å². The van der Waals surface area contributed by atoms with E-state index < -0.39 is 6.36 Å². The molecule has 1 rings (SSSR count). The van der Waals surface area contributed by atoms with Gasteiger partial charge in [-0.1, -0.05) is 31.4 Å². The molecule has 0 aliphatic rings. The Bertz CT molecular complexity index is 380. The molecule has 15 heavy (non-hydrogen) atoms. The highest BCUT2D eigenvalue weighted by Crippen LogP contribution is 2.29. The zero-order chi connectivity index (χ0) is 11.5. The summed E-state index contributed by atoms with van der Waals surface area (Å²) in [6, 6.07) is 4.22. The molecule has 0 atom stereocenters. The first kappa shape index (κ1) is 11.4. The van der Waals surface area contributed by atoms with Crippen molar-refractivity contribution < 1.29 is 17.9 Å². The number of hydrogen-bond donors (Lipinski definition) is 0. The quantitative estimate of drug-likeness (QED) is 0.745. The largest absolute Gasteiger partial charge is 0.573 e. The molecule has 1 aromatic rings. The molecule has 0 aliphatic heterocycles. The SMILES string of the molecule is C=[C]c1cccc(OC(F)(F)F)c1C=C. The van der Waals surface area contributed by atoms with E-state index in [0.29, 0.717) is 5.56 Å². The summed E-state index contributed by atoms with van der Waals surface area (Å²) >= 11 is 0. The van der Waals surface area contributed by atoms with E-state index in [1.807, 2.05) is 0 Å². The molecular weight excluding hydrogens is 205 g/mol. The molecule has 0 unspecified atom stereocenters. The predicted molar refractivity (Wildman–Crippen MR) is 51.2 cm³/mol. The Balaban J connectivity index is 3.17. The minimum atomic E-state index is -4.71. The van der Waals surface area contributed by atoms with Crippen molar-refractivity contribution in [2.75, 3.05) is 0 Å². The summed E-state index contributed by atoms with van der Waals surface area (Å²) < 4.78 is 39.8. The van der Waals surface area contributed by atoms with E-state index in [2.05, 4.69) is 24.0 Å². The van der Waals surface area contributed by atoms with Gasteiger partial charge in [0.2, 0.25) is 0 Å². The predicted octanol–water partition coefficient (Wildman–Crippen LogP) is 3.57. The summed E-state index contributed by atoms with van der Waals surface area (Å²) in [6.07, 6.45) is -0.934. The van der Waals surface area contributed by atoms with E-state index in [4.69, 9.17) is 0 Å². The van der Waals surface area contributed by atoms with Crippen LogP contribution in [0.4, 0.5) is 13.2 Å². The molecule has 0 saturated heterocycles. The first-order chi connectivity index (χ1) is 6.98. The van der Waals surface area contributed by atoms with Gasteiger partial charge < -0.3 is 4.74 Å². The van der Waals surface area contributed by atoms with Gasteiger partial charge in [-0.2, -0.15) is 0 Å². The minimum absolute atomic E-state index is 0.227. The van der Waals surface area contributed by atoms with Crippen LogP contribution in [0.15, 0.2) is 31.4 Å². The molecule has 4 heteroatoms. The molecule has 0 fully saturated rings. The zero-order valence-corrected chi connectivity index (χ0v) is 7.77. The van der Waals surface area contributed by atoms with Gasteiger partial charge in [0.25, 0.3) is 0 Å². The highest BCUT2D eigenvalue weighted by Gasteiger charge is 2.32. The second kappa shape index (κ2) is 4.21. The standard InChI is InChI=1S/C11H8F3O/c1-3-8-6-5-7-10(9(8)4-2)15-11(12,13)14/h4-7H,1-2H2. The maximum absolute atomic E-state index is 12.0. The van der Waals surface area contributed by atoms with Crippen LogP contribution in [0.25, 0.3) is 6.08 Å². The van der Waals surface area contributed by atoms with E-state index in [1.54, 1.807) is 6.07 Å². The minimum Gasteiger partial charge on any atom is -0.405 e. The molecule has 0 spiro atoms. The summed E-state index contributed by atoms with van der Waals surface area (Å²) in [6.45, 7) is 6.78. The van der Waals surface area contributed by atoms with Crippen LogP contribution in [0.3, 0.4) is 0 Å². The number of benzene rings is 1. The zero-order valence-electron chi connectivity index (χ0n) is 7.77. The lowest BCUT2D eigenvalue weighted by atomic mass is 10.1. The van der Waals surface area contributed by atoms with Crippen LogP contribution in [0.5, 0.6) is 5.75 Å². The van der Waals surface area contributed by atoms with Gasteiger partial charge in [-0.3, -0.25) is 0 Å². The first-order valence-electron chi connectivity index (χ1n) is 4.02. The molecular formula is C11H8F3O. The average Bonchev–Trinajstić information content (AvgIpc) is 2.15. The smallest absolute Gasteiger partial charge is 0.405 e. The fourth-order valence-corrected chi connectivity index (χ4v) is 1.12. The maximum Gasteiger partial charge on any atom is 0.573 e. The van der Waals surface area contributed by atoms with Crippen molar-refractivity contribution in [1.29, 1.82) is 0 Å². The topological polar surface area (TPSA) is 9.23 Å². The van der Waals surface area contributed by atoms with Crippen molar-refractivity contribution >= 4 is 6.08 Å². The normalized spacial score (nSPS) is 10.9. The molecule has 0 N–H and O–H groups in total. The van der Waals surface area contributed by atoms with Gasteiger partial charge in [0, 0.05) is 5.56 Å². The number of alkyl halides is 3. The van der Waals surface area contributed by atoms with Crippen LogP contribution in [-0.2, 0) is 0 Å². The number of rotatable bonds is 3. The Kier molecular flexibility index (Phi) is 3.19. The van der Waals surface area contributed by atoms with Crippen LogP contribution < -0.4 is 4.74 Å². The monoisotopic (exact) mass is 213 g/mol.